The van der Waals surface area contributed by atoms with E-state index in [-0.39, 0.29) is 5.41 Å². The second-order valence-electron chi connectivity index (χ2n) is 5.45. The predicted octanol–water partition coefficient (Wildman–Crippen LogP) is 3.56. The van der Waals surface area contributed by atoms with Crippen molar-refractivity contribution < 1.29 is 8.42 Å². The summed E-state index contributed by atoms with van der Waals surface area (Å²) in [5, 5.41) is 0. The SMILES string of the molecule is CCCCCC1(CCCCC)CS(=O)(=O)C1. The molecule has 0 aromatic carbocycles. The Morgan fingerprint density at radius 3 is 1.62 bits per heavy atom. The van der Waals surface area contributed by atoms with E-state index in [1.165, 1.54) is 38.5 Å². The molecule has 0 atom stereocenters. The van der Waals surface area contributed by atoms with Gasteiger partial charge in [0.15, 0.2) is 9.84 Å². The lowest BCUT2D eigenvalue weighted by Gasteiger charge is -2.41. The highest BCUT2D eigenvalue weighted by Gasteiger charge is 2.46. The van der Waals surface area contributed by atoms with Gasteiger partial charge in [0.2, 0.25) is 0 Å². The molecule has 0 aromatic rings. The normalized spacial score (nSPS) is 21.6. The molecule has 0 spiro atoms. The molecule has 1 rings (SSSR count). The Morgan fingerprint density at radius 1 is 0.875 bits per heavy atom. The monoisotopic (exact) mass is 246 g/mol. The molecule has 0 radical (unpaired) electrons. The van der Waals surface area contributed by atoms with E-state index in [4.69, 9.17) is 0 Å². The highest BCUT2D eigenvalue weighted by molar-refractivity contribution is 7.92. The van der Waals surface area contributed by atoms with Gasteiger partial charge in [0.05, 0.1) is 11.5 Å². The molecular formula is C13H26O2S. The second-order valence-corrected chi connectivity index (χ2v) is 7.51. The Balaban J connectivity index is 2.38. The van der Waals surface area contributed by atoms with E-state index in [2.05, 4.69) is 13.8 Å². The molecule has 1 aliphatic rings. The largest absolute Gasteiger partial charge is 0.229 e. The Morgan fingerprint density at radius 2 is 1.31 bits per heavy atom. The first-order valence-corrected chi connectivity index (χ1v) is 8.56. The van der Waals surface area contributed by atoms with E-state index in [9.17, 15) is 8.42 Å². The summed E-state index contributed by atoms with van der Waals surface area (Å²) in [5.41, 5.74) is 0.170. The lowest BCUT2D eigenvalue weighted by molar-refractivity contribution is 0.262. The van der Waals surface area contributed by atoms with Crippen LogP contribution in [0, 0.1) is 5.41 Å². The van der Waals surface area contributed by atoms with Crippen LogP contribution in [0.3, 0.4) is 0 Å². The van der Waals surface area contributed by atoms with Gasteiger partial charge in [-0.05, 0) is 18.3 Å². The molecule has 16 heavy (non-hydrogen) atoms. The molecule has 0 aliphatic carbocycles. The summed E-state index contributed by atoms with van der Waals surface area (Å²) in [5.74, 6) is 0.931. The predicted molar refractivity (Wildman–Crippen MR) is 69.4 cm³/mol. The van der Waals surface area contributed by atoms with E-state index in [0.717, 1.165) is 12.8 Å². The minimum atomic E-state index is -2.66. The molecule has 1 fully saturated rings. The molecule has 0 N–H and O–H groups in total. The van der Waals surface area contributed by atoms with Crippen LogP contribution >= 0.6 is 0 Å². The van der Waals surface area contributed by atoms with Crippen LogP contribution in [-0.4, -0.2) is 19.9 Å². The van der Waals surface area contributed by atoms with Crippen molar-refractivity contribution in [2.24, 2.45) is 5.41 Å². The van der Waals surface area contributed by atoms with Crippen LogP contribution in [0.25, 0.3) is 0 Å². The molecule has 96 valence electrons. The van der Waals surface area contributed by atoms with Crippen molar-refractivity contribution >= 4 is 9.84 Å². The molecule has 0 aromatic heterocycles. The topological polar surface area (TPSA) is 34.1 Å². The van der Waals surface area contributed by atoms with Gasteiger partial charge >= 0.3 is 0 Å². The number of sulfone groups is 1. The van der Waals surface area contributed by atoms with Crippen LogP contribution in [-0.2, 0) is 9.84 Å². The van der Waals surface area contributed by atoms with Crippen molar-refractivity contribution in [1.82, 2.24) is 0 Å². The summed E-state index contributed by atoms with van der Waals surface area (Å²) in [4.78, 5) is 0. The fourth-order valence-electron chi connectivity index (χ4n) is 2.80. The minimum absolute atomic E-state index is 0.170. The summed E-state index contributed by atoms with van der Waals surface area (Å²) in [6.45, 7) is 4.39. The summed E-state index contributed by atoms with van der Waals surface area (Å²) in [7, 11) is -2.66. The van der Waals surface area contributed by atoms with Crippen LogP contribution in [0.5, 0.6) is 0 Å². The van der Waals surface area contributed by atoms with Crippen molar-refractivity contribution in [1.29, 1.82) is 0 Å². The van der Waals surface area contributed by atoms with Crippen LogP contribution in [0.1, 0.15) is 65.2 Å². The second kappa shape index (κ2) is 6.04. The van der Waals surface area contributed by atoms with Crippen molar-refractivity contribution in [3.63, 3.8) is 0 Å². The zero-order chi connectivity index (χ0) is 12.1. The first-order chi connectivity index (χ1) is 7.54. The van der Waals surface area contributed by atoms with Gasteiger partial charge in [-0.1, -0.05) is 52.4 Å². The van der Waals surface area contributed by atoms with Crippen molar-refractivity contribution in [3.05, 3.63) is 0 Å². The van der Waals surface area contributed by atoms with Gasteiger partial charge in [-0.3, -0.25) is 0 Å². The highest BCUT2D eigenvalue weighted by Crippen LogP contribution is 2.42. The van der Waals surface area contributed by atoms with Gasteiger partial charge in [0.1, 0.15) is 0 Å². The van der Waals surface area contributed by atoms with Crippen LogP contribution in [0.2, 0.25) is 0 Å². The maximum Gasteiger partial charge on any atom is 0.151 e. The van der Waals surface area contributed by atoms with E-state index in [0.29, 0.717) is 11.5 Å². The summed E-state index contributed by atoms with van der Waals surface area (Å²) in [6.07, 6.45) is 9.60. The van der Waals surface area contributed by atoms with Gasteiger partial charge in [-0.2, -0.15) is 0 Å². The maximum absolute atomic E-state index is 11.4. The average molecular weight is 246 g/mol. The number of hydrogen-bond acceptors (Lipinski definition) is 2. The molecule has 2 nitrogen and oxygen atoms in total. The summed E-state index contributed by atoms with van der Waals surface area (Å²) >= 11 is 0. The highest BCUT2D eigenvalue weighted by atomic mass is 32.2. The lowest BCUT2D eigenvalue weighted by atomic mass is 9.80. The standard InChI is InChI=1S/C13H26O2S/c1-3-5-7-9-13(10-8-6-4-2)11-16(14,15)12-13/h3-12H2,1-2H3. The van der Waals surface area contributed by atoms with Gasteiger partial charge in [0, 0.05) is 0 Å². The summed E-state index contributed by atoms with van der Waals surface area (Å²) < 4.78 is 22.7. The molecule has 3 heteroatoms. The van der Waals surface area contributed by atoms with E-state index in [1.807, 2.05) is 0 Å². The third-order valence-corrected chi connectivity index (χ3v) is 5.78. The van der Waals surface area contributed by atoms with Crippen molar-refractivity contribution in [2.45, 2.75) is 65.2 Å². The first-order valence-electron chi connectivity index (χ1n) is 6.74. The number of rotatable bonds is 8. The van der Waals surface area contributed by atoms with Crippen LogP contribution in [0.15, 0.2) is 0 Å². The van der Waals surface area contributed by atoms with E-state index < -0.39 is 9.84 Å². The van der Waals surface area contributed by atoms with Crippen molar-refractivity contribution in [3.8, 4) is 0 Å². The fourth-order valence-corrected chi connectivity index (χ4v) is 5.16. The fraction of sp³-hybridized carbons (Fsp3) is 1.00. The number of hydrogen-bond donors (Lipinski definition) is 0. The molecule has 0 bridgehead atoms. The molecule has 1 heterocycles. The van der Waals surface area contributed by atoms with Gasteiger partial charge in [0.25, 0.3) is 0 Å². The first kappa shape index (κ1) is 14.0. The smallest absolute Gasteiger partial charge is 0.151 e. The molecule has 0 saturated carbocycles. The van der Waals surface area contributed by atoms with Crippen molar-refractivity contribution in [2.75, 3.05) is 11.5 Å². The third-order valence-electron chi connectivity index (χ3n) is 3.67. The number of unbranched alkanes of at least 4 members (excludes halogenated alkanes) is 4. The summed E-state index contributed by atoms with van der Waals surface area (Å²) in [6, 6.07) is 0. The molecule has 1 saturated heterocycles. The zero-order valence-corrected chi connectivity index (χ0v) is 11.6. The van der Waals surface area contributed by atoms with Crippen LogP contribution < -0.4 is 0 Å². The van der Waals surface area contributed by atoms with Gasteiger partial charge < -0.3 is 0 Å². The molecule has 1 aliphatic heterocycles. The van der Waals surface area contributed by atoms with E-state index >= 15 is 0 Å². The molecule has 0 amide bonds. The Bertz CT molecular complexity index is 269. The average Bonchev–Trinajstić information content (AvgIpc) is 2.15. The van der Waals surface area contributed by atoms with E-state index in [1.54, 1.807) is 0 Å². The third kappa shape index (κ3) is 4.08. The Labute approximate surface area is 101 Å². The molecule has 0 unspecified atom stereocenters. The Hall–Kier alpha value is -0.0500. The zero-order valence-electron chi connectivity index (χ0n) is 10.8. The van der Waals surface area contributed by atoms with Gasteiger partial charge in [-0.25, -0.2) is 8.42 Å². The van der Waals surface area contributed by atoms with Crippen LogP contribution in [0.4, 0.5) is 0 Å². The lowest BCUT2D eigenvalue weighted by Crippen LogP contribution is -2.48. The molecular weight excluding hydrogens is 220 g/mol. The van der Waals surface area contributed by atoms with Gasteiger partial charge in [-0.15, -0.1) is 0 Å². The minimum Gasteiger partial charge on any atom is -0.229 e. The maximum atomic E-state index is 11.4. The Kier molecular flexibility index (Phi) is 5.29. The quantitative estimate of drug-likeness (QED) is 0.614.